The van der Waals surface area contributed by atoms with Gasteiger partial charge in [-0.3, -0.25) is 0 Å². The summed E-state index contributed by atoms with van der Waals surface area (Å²) < 4.78 is 48.3. The Morgan fingerprint density at radius 2 is 1.73 bits per heavy atom. The molecule has 1 heterocycles. The number of piperidine rings is 1. The maximum Gasteiger partial charge on any atom is 0.511 e. The summed E-state index contributed by atoms with van der Waals surface area (Å²) >= 11 is 0. The summed E-state index contributed by atoms with van der Waals surface area (Å²) in [4.78, 5) is 20.9. The summed E-state index contributed by atoms with van der Waals surface area (Å²) in [7, 11) is 0. The Hall–Kier alpha value is -2.49. The molecule has 3 atom stereocenters. The lowest BCUT2D eigenvalue weighted by Crippen LogP contribution is -2.59. The Bertz CT molecular complexity index is 943. The van der Waals surface area contributed by atoms with Crippen molar-refractivity contribution in [1.82, 2.24) is 5.32 Å². The van der Waals surface area contributed by atoms with Crippen molar-refractivity contribution in [3.8, 4) is 5.75 Å². The van der Waals surface area contributed by atoms with Crippen LogP contribution in [0, 0.1) is 5.92 Å². The van der Waals surface area contributed by atoms with Gasteiger partial charge in [0, 0.05) is 11.5 Å². The molecule has 4 aliphatic rings. The van der Waals surface area contributed by atoms with Gasteiger partial charge in [0.15, 0.2) is 0 Å². The maximum atomic E-state index is 12.0. The number of halogens is 3. The fourth-order valence-electron chi connectivity index (χ4n) is 6.67. The van der Waals surface area contributed by atoms with E-state index in [1.165, 1.54) is 56.1 Å². The van der Waals surface area contributed by atoms with Gasteiger partial charge in [-0.2, -0.15) is 13.2 Å². The van der Waals surface area contributed by atoms with Crippen LogP contribution < -0.4 is 10.1 Å². The van der Waals surface area contributed by atoms with E-state index in [1.807, 2.05) is 6.07 Å². The predicted molar refractivity (Wildman–Crippen MR) is 128 cm³/mol. The van der Waals surface area contributed by atoms with Crippen LogP contribution in [0.25, 0.3) is 0 Å². The van der Waals surface area contributed by atoms with Crippen molar-refractivity contribution in [2.45, 2.75) is 101 Å². The second kappa shape index (κ2) is 11.9. The number of hydrogen-bond acceptors (Lipinski definition) is 6. The number of alkyl halides is 3. The van der Waals surface area contributed by atoms with Gasteiger partial charge in [-0.15, -0.1) is 0 Å². The van der Waals surface area contributed by atoms with Crippen LogP contribution in [0.5, 0.6) is 5.75 Å². The molecule has 1 saturated heterocycles. The van der Waals surface area contributed by atoms with Crippen molar-refractivity contribution in [3.05, 3.63) is 29.3 Å². The molecule has 206 valence electrons. The Labute approximate surface area is 215 Å². The van der Waals surface area contributed by atoms with Gasteiger partial charge < -0.3 is 24.6 Å². The average molecular weight is 528 g/mol. The second-order valence-electron chi connectivity index (χ2n) is 10.5. The summed E-state index contributed by atoms with van der Waals surface area (Å²) in [5.41, 5.74) is 3.26. The van der Waals surface area contributed by atoms with Gasteiger partial charge in [0.05, 0.1) is 0 Å². The minimum absolute atomic E-state index is 0.000985. The van der Waals surface area contributed by atoms with Crippen LogP contribution in [0.2, 0.25) is 0 Å². The molecule has 3 aliphatic carbocycles. The monoisotopic (exact) mass is 527 g/mol. The zero-order valence-electron chi connectivity index (χ0n) is 21.0. The molecule has 0 amide bonds. The summed E-state index contributed by atoms with van der Waals surface area (Å²) in [6, 6.07) is 7.10. The summed E-state index contributed by atoms with van der Waals surface area (Å²) in [5.74, 6) is -1.22. The number of carbonyl (C=O) groups excluding carboxylic acids is 1. The molecular formula is C27H36F3NO6. The van der Waals surface area contributed by atoms with Crippen molar-refractivity contribution in [2.24, 2.45) is 5.92 Å². The number of rotatable bonds is 4. The molecule has 7 nitrogen and oxygen atoms in total. The lowest BCUT2D eigenvalue weighted by Gasteiger charge is -2.56. The lowest BCUT2D eigenvalue weighted by atomic mass is 9.53. The zero-order valence-corrected chi connectivity index (χ0v) is 21.0. The highest BCUT2D eigenvalue weighted by Gasteiger charge is 2.51. The molecule has 1 aromatic carbocycles. The average Bonchev–Trinajstić information content (AvgIpc) is 3.13. The summed E-state index contributed by atoms with van der Waals surface area (Å²) in [6.07, 6.45) is 8.55. The number of carboxylic acids is 1. The first-order valence-electron chi connectivity index (χ1n) is 13.3. The first kappa shape index (κ1) is 27.5. The molecule has 10 heteroatoms. The van der Waals surface area contributed by atoms with Gasteiger partial charge in [0.25, 0.3) is 0 Å². The van der Waals surface area contributed by atoms with Gasteiger partial charge in [-0.1, -0.05) is 31.7 Å². The van der Waals surface area contributed by atoms with Crippen LogP contribution >= 0.6 is 0 Å². The van der Waals surface area contributed by atoms with E-state index in [2.05, 4.69) is 17.4 Å². The highest BCUT2D eigenvalue weighted by atomic mass is 19.4. The molecule has 0 radical (unpaired) electrons. The Morgan fingerprint density at radius 1 is 1.03 bits per heavy atom. The van der Waals surface area contributed by atoms with Gasteiger partial charge in [-0.05, 0) is 87.1 Å². The van der Waals surface area contributed by atoms with Crippen molar-refractivity contribution < 1.29 is 42.1 Å². The van der Waals surface area contributed by atoms with Crippen molar-refractivity contribution in [2.75, 3.05) is 13.3 Å². The van der Waals surface area contributed by atoms with E-state index in [0.717, 1.165) is 50.3 Å². The van der Waals surface area contributed by atoms with Crippen LogP contribution in [0.4, 0.5) is 18.0 Å². The molecule has 2 saturated carbocycles. The van der Waals surface area contributed by atoms with E-state index < -0.39 is 18.3 Å². The van der Waals surface area contributed by atoms with Gasteiger partial charge in [0.1, 0.15) is 11.9 Å². The molecule has 1 aromatic rings. The van der Waals surface area contributed by atoms with Gasteiger partial charge >= 0.3 is 18.3 Å². The highest BCUT2D eigenvalue weighted by molar-refractivity contribution is 5.73. The topological polar surface area (TPSA) is 94.1 Å². The number of carbonyl (C=O) groups is 2. The van der Waals surface area contributed by atoms with E-state index in [-0.39, 0.29) is 12.9 Å². The molecule has 5 rings (SSSR count). The van der Waals surface area contributed by atoms with E-state index in [0.29, 0.717) is 11.5 Å². The third kappa shape index (κ3) is 6.69. The number of hydrogen-bond donors (Lipinski definition) is 2. The molecule has 0 spiro atoms. The summed E-state index contributed by atoms with van der Waals surface area (Å²) in [5, 5.41) is 10.9. The second-order valence-corrected chi connectivity index (χ2v) is 10.5. The first-order valence-corrected chi connectivity index (χ1v) is 13.3. The third-order valence-corrected chi connectivity index (χ3v) is 8.33. The molecule has 0 aromatic heterocycles. The fourth-order valence-corrected chi connectivity index (χ4v) is 6.67. The standard InChI is InChI=1S/C25H35NO4.C2HF3O2/c27-24(30-19-7-3-1-2-4-8-19)29-17-28-20-11-10-18-15-23-21-9-5-6-12-25(21,13-14-26-23)22(18)16-20;3-2(4,5)1(6)7/h10-11,16,19,21,23,26H,1-9,12-15,17H2;(H,6,7)/t21-,23+,25-;/m1./s1. The normalized spacial score (nSPS) is 27.3. The van der Waals surface area contributed by atoms with E-state index in [9.17, 15) is 18.0 Å². The number of benzene rings is 1. The van der Waals surface area contributed by atoms with Crippen LogP contribution in [0.15, 0.2) is 18.2 Å². The summed E-state index contributed by atoms with van der Waals surface area (Å²) in [6.45, 7) is 1.02. The first-order chi connectivity index (χ1) is 17.7. The molecule has 2 N–H and O–H groups in total. The zero-order chi connectivity index (χ0) is 26.5. The number of aliphatic carboxylic acids is 1. The van der Waals surface area contributed by atoms with Crippen LogP contribution in [0.3, 0.4) is 0 Å². The quantitative estimate of drug-likeness (QED) is 0.287. The minimum atomic E-state index is -5.08. The lowest BCUT2D eigenvalue weighted by molar-refractivity contribution is -0.192. The van der Waals surface area contributed by atoms with Crippen molar-refractivity contribution >= 4 is 12.1 Å². The van der Waals surface area contributed by atoms with Crippen LogP contribution in [-0.4, -0.2) is 48.9 Å². The largest absolute Gasteiger partial charge is 0.511 e. The van der Waals surface area contributed by atoms with Crippen LogP contribution in [-0.2, 0) is 26.1 Å². The minimum Gasteiger partial charge on any atom is -0.475 e. The smallest absolute Gasteiger partial charge is 0.475 e. The van der Waals surface area contributed by atoms with Gasteiger partial charge in [-0.25, -0.2) is 9.59 Å². The number of fused-ring (bicyclic) bond motifs is 1. The van der Waals surface area contributed by atoms with E-state index >= 15 is 0 Å². The van der Waals surface area contributed by atoms with Crippen molar-refractivity contribution in [3.63, 3.8) is 0 Å². The molecule has 3 fully saturated rings. The number of ether oxygens (including phenoxy) is 3. The highest BCUT2D eigenvalue weighted by Crippen LogP contribution is 2.54. The molecular weight excluding hydrogens is 491 g/mol. The van der Waals surface area contributed by atoms with E-state index in [1.54, 1.807) is 0 Å². The number of carboxylic acid groups (broad SMARTS) is 1. The number of nitrogens with one attached hydrogen (secondary N) is 1. The molecule has 0 unspecified atom stereocenters. The van der Waals surface area contributed by atoms with Crippen molar-refractivity contribution in [1.29, 1.82) is 0 Å². The van der Waals surface area contributed by atoms with Gasteiger partial charge in [0.2, 0.25) is 6.79 Å². The SMILES string of the molecule is O=C(O)C(F)(F)F.O=C(OCOc1ccc2c(c1)[C@@]13CCCC[C@@H]1[C@H](C2)NCC3)OC1CCCCCC1. The maximum absolute atomic E-state index is 12.0. The molecule has 37 heavy (non-hydrogen) atoms. The Kier molecular flexibility index (Phi) is 8.87. The predicted octanol–water partition coefficient (Wildman–Crippen LogP) is 5.88. The van der Waals surface area contributed by atoms with E-state index in [4.69, 9.17) is 24.1 Å². The molecule has 2 bridgehead atoms. The third-order valence-electron chi connectivity index (χ3n) is 8.33. The van der Waals surface area contributed by atoms with Crippen LogP contribution in [0.1, 0.15) is 81.8 Å². The fraction of sp³-hybridized carbons (Fsp3) is 0.704. The Morgan fingerprint density at radius 3 is 2.43 bits per heavy atom. The Balaban J connectivity index is 0.000000405. The molecule has 1 aliphatic heterocycles.